The van der Waals surface area contributed by atoms with Crippen LogP contribution < -0.4 is 5.32 Å². The maximum atomic E-state index is 13.6. The molecule has 4 atom stereocenters. The maximum absolute atomic E-state index is 13.6. The topological polar surface area (TPSA) is 90.1 Å². The van der Waals surface area contributed by atoms with Crippen LogP contribution in [-0.2, 0) is 9.53 Å². The van der Waals surface area contributed by atoms with E-state index in [1.54, 1.807) is 14.2 Å². The van der Waals surface area contributed by atoms with Crippen molar-refractivity contribution in [3.05, 3.63) is 0 Å². The van der Waals surface area contributed by atoms with E-state index in [-0.39, 0.29) is 42.3 Å². The van der Waals surface area contributed by atoms with Crippen molar-refractivity contribution in [2.75, 3.05) is 27.2 Å². The van der Waals surface area contributed by atoms with Gasteiger partial charge in [0.05, 0.1) is 31.7 Å². The van der Waals surface area contributed by atoms with Gasteiger partial charge in [-0.3, -0.25) is 9.79 Å². The molecule has 7 nitrogen and oxygen atoms in total. The quantitative estimate of drug-likeness (QED) is 0.586. The molecule has 1 N–H and O–H groups in total. The molecular formula is C20H32FN5O2. The minimum atomic E-state index is -1.12. The van der Waals surface area contributed by atoms with E-state index in [1.807, 2.05) is 13.0 Å². The number of likely N-dealkylation sites (tertiary alicyclic amines) is 1. The second kappa shape index (κ2) is 8.56. The zero-order chi connectivity index (χ0) is 21.1. The molecule has 0 bridgehead atoms. The number of carbonyl (C=O) groups excluding carboxylic acids is 1. The van der Waals surface area contributed by atoms with Crippen LogP contribution in [0.4, 0.5) is 4.39 Å². The number of amides is 1. The average Bonchev–Trinajstić information content (AvgIpc) is 3.15. The Hall–Kier alpha value is -2.01. The average molecular weight is 394 g/mol. The van der Waals surface area contributed by atoms with Gasteiger partial charge in [-0.15, -0.1) is 0 Å². The lowest BCUT2D eigenvalue weighted by atomic mass is 9.67. The molecule has 0 spiro atoms. The van der Waals surface area contributed by atoms with Gasteiger partial charge >= 0.3 is 0 Å². The predicted molar refractivity (Wildman–Crippen MR) is 107 cm³/mol. The highest BCUT2D eigenvalue weighted by Crippen LogP contribution is 2.53. The van der Waals surface area contributed by atoms with Crippen LogP contribution in [0.5, 0.6) is 0 Å². The fourth-order valence-corrected chi connectivity index (χ4v) is 4.33. The number of carbonyl (C=O) groups is 1. The summed E-state index contributed by atoms with van der Waals surface area (Å²) in [6.07, 6.45) is 0.687. The second-order valence-electron chi connectivity index (χ2n) is 8.44. The van der Waals surface area contributed by atoms with Gasteiger partial charge in [-0.25, -0.2) is 9.38 Å². The van der Waals surface area contributed by atoms with Crippen LogP contribution >= 0.6 is 0 Å². The number of amidine groups is 1. The van der Waals surface area contributed by atoms with Crippen LogP contribution in [0.3, 0.4) is 0 Å². The maximum Gasteiger partial charge on any atom is 0.237 e. The molecule has 0 aromatic rings. The molecule has 1 saturated carbocycles. The van der Waals surface area contributed by atoms with E-state index < -0.39 is 12.2 Å². The minimum absolute atomic E-state index is 0.000620. The van der Waals surface area contributed by atoms with Crippen LogP contribution in [0.1, 0.15) is 47.0 Å². The van der Waals surface area contributed by atoms with E-state index in [2.05, 4.69) is 36.1 Å². The highest BCUT2D eigenvalue weighted by molar-refractivity contribution is 5.96. The van der Waals surface area contributed by atoms with Gasteiger partial charge in [0, 0.05) is 19.5 Å². The first-order valence-electron chi connectivity index (χ1n) is 9.73. The number of hydrogen-bond donors (Lipinski definition) is 1. The summed E-state index contributed by atoms with van der Waals surface area (Å²) in [5, 5.41) is 12.5. The minimum Gasteiger partial charge on any atom is -0.484 e. The molecule has 2 fully saturated rings. The zero-order valence-corrected chi connectivity index (χ0v) is 17.8. The summed E-state index contributed by atoms with van der Waals surface area (Å²) < 4.78 is 19.2. The molecule has 8 heteroatoms. The molecule has 1 heterocycles. The van der Waals surface area contributed by atoms with E-state index >= 15 is 0 Å². The summed E-state index contributed by atoms with van der Waals surface area (Å²) >= 11 is 0. The number of ether oxygens (including phenoxy) is 1. The van der Waals surface area contributed by atoms with Crippen molar-refractivity contribution in [3.8, 4) is 6.07 Å². The molecule has 1 aliphatic carbocycles. The number of nitriles is 1. The van der Waals surface area contributed by atoms with Gasteiger partial charge < -0.3 is 15.0 Å². The molecule has 2 rings (SSSR count). The van der Waals surface area contributed by atoms with E-state index in [0.717, 1.165) is 12.8 Å². The van der Waals surface area contributed by atoms with Crippen molar-refractivity contribution < 1.29 is 13.9 Å². The van der Waals surface area contributed by atoms with E-state index in [4.69, 9.17) is 10.00 Å². The molecule has 0 unspecified atom stereocenters. The summed E-state index contributed by atoms with van der Waals surface area (Å²) in [6.45, 7) is 8.33. The summed E-state index contributed by atoms with van der Waals surface area (Å²) in [4.78, 5) is 22.5. The largest absolute Gasteiger partial charge is 0.484 e. The lowest BCUT2D eigenvalue weighted by molar-refractivity contribution is -0.130. The van der Waals surface area contributed by atoms with Gasteiger partial charge in [-0.1, -0.05) is 20.8 Å². The third kappa shape index (κ3) is 4.04. The molecule has 156 valence electrons. The summed E-state index contributed by atoms with van der Waals surface area (Å²) in [6, 6.07) is 1.41. The molecule has 0 aromatic heterocycles. The Labute approximate surface area is 167 Å². The third-order valence-electron chi connectivity index (χ3n) is 6.70. The SMILES string of the molecule is C/N=C(C)\N=C(/OC)[C@]1(C)CC[C@H](NCC(=O)N2C[C@@H](F)C[C@H]2C#N)C1(C)C. The Morgan fingerprint density at radius 1 is 1.43 bits per heavy atom. The fraction of sp³-hybridized carbons (Fsp3) is 0.800. The van der Waals surface area contributed by atoms with Crippen molar-refractivity contribution in [2.45, 2.75) is 65.2 Å². The van der Waals surface area contributed by atoms with Crippen molar-refractivity contribution in [1.82, 2.24) is 10.2 Å². The smallest absolute Gasteiger partial charge is 0.237 e. The number of nitrogens with one attached hydrogen (secondary N) is 1. The van der Waals surface area contributed by atoms with Crippen molar-refractivity contribution >= 4 is 17.6 Å². The summed E-state index contributed by atoms with van der Waals surface area (Å²) in [5.41, 5.74) is -0.556. The van der Waals surface area contributed by atoms with Crippen molar-refractivity contribution in [3.63, 3.8) is 0 Å². The zero-order valence-electron chi connectivity index (χ0n) is 17.8. The van der Waals surface area contributed by atoms with Crippen molar-refractivity contribution in [1.29, 1.82) is 5.26 Å². The number of alkyl halides is 1. The molecule has 0 aromatic carbocycles. The Bertz CT molecular complexity index is 699. The van der Waals surface area contributed by atoms with E-state index in [0.29, 0.717) is 11.7 Å². The normalized spacial score (nSPS) is 33.1. The summed E-state index contributed by atoms with van der Waals surface area (Å²) in [7, 11) is 3.31. The van der Waals surface area contributed by atoms with Gasteiger partial charge in [0.2, 0.25) is 5.91 Å². The first-order valence-corrected chi connectivity index (χ1v) is 9.73. The number of halogens is 1. The van der Waals surface area contributed by atoms with Gasteiger partial charge in [-0.05, 0) is 25.2 Å². The molecule has 2 aliphatic rings. The van der Waals surface area contributed by atoms with E-state index in [9.17, 15) is 9.18 Å². The Morgan fingerprint density at radius 2 is 2.11 bits per heavy atom. The standard InChI is InChI=1S/C20H32FN5O2/c1-13(23-5)25-18(28-6)20(4)8-7-16(19(20,2)3)24-11-17(27)26-12-14(21)9-15(26)10-22/h14-16,24H,7-9,11-12H2,1-6H3/b23-13-,25-18-/t14-,15-,16-,20-/m0/s1. The number of methoxy groups -OCH3 is 1. The van der Waals surface area contributed by atoms with Gasteiger partial charge in [0.25, 0.3) is 0 Å². The Balaban J connectivity index is 2.10. The number of aliphatic imine (C=N–C) groups is 2. The summed E-state index contributed by atoms with van der Waals surface area (Å²) in [5.74, 6) is 1.06. The molecule has 1 saturated heterocycles. The molecular weight excluding hydrogens is 361 g/mol. The second-order valence-corrected chi connectivity index (χ2v) is 8.44. The third-order valence-corrected chi connectivity index (χ3v) is 6.70. The molecule has 0 radical (unpaired) electrons. The monoisotopic (exact) mass is 393 g/mol. The molecule has 28 heavy (non-hydrogen) atoms. The van der Waals surface area contributed by atoms with Crippen LogP contribution in [0, 0.1) is 22.2 Å². The predicted octanol–water partition coefficient (Wildman–Crippen LogP) is 2.33. The lowest BCUT2D eigenvalue weighted by Crippen LogP contribution is -2.51. The van der Waals surface area contributed by atoms with Gasteiger partial charge in [0.1, 0.15) is 18.0 Å². The first kappa shape index (κ1) is 22.3. The fourth-order valence-electron chi connectivity index (χ4n) is 4.33. The number of rotatable bonds is 4. The highest BCUT2D eigenvalue weighted by atomic mass is 19.1. The van der Waals surface area contributed by atoms with Crippen LogP contribution in [0.15, 0.2) is 9.98 Å². The molecule has 1 aliphatic heterocycles. The van der Waals surface area contributed by atoms with Crippen LogP contribution in [0.25, 0.3) is 0 Å². The Kier molecular flexibility index (Phi) is 6.81. The van der Waals surface area contributed by atoms with Gasteiger partial charge in [-0.2, -0.15) is 5.26 Å². The first-order chi connectivity index (χ1) is 13.1. The van der Waals surface area contributed by atoms with Crippen LogP contribution in [-0.4, -0.2) is 68.0 Å². The number of hydrogen-bond acceptors (Lipinski definition) is 5. The lowest BCUT2D eigenvalue weighted by Gasteiger charge is -2.41. The van der Waals surface area contributed by atoms with Crippen molar-refractivity contribution in [2.24, 2.45) is 20.8 Å². The van der Waals surface area contributed by atoms with Gasteiger partial charge in [0.15, 0.2) is 5.90 Å². The Morgan fingerprint density at radius 3 is 2.68 bits per heavy atom. The highest BCUT2D eigenvalue weighted by Gasteiger charge is 2.55. The number of nitrogens with zero attached hydrogens (tertiary/aromatic N) is 4. The van der Waals surface area contributed by atoms with E-state index in [1.165, 1.54) is 4.90 Å². The molecule has 1 amide bonds. The van der Waals surface area contributed by atoms with Crippen LogP contribution in [0.2, 0.25) is 0 Å².